The number of aromatic amines is 2. The largest absolute Gasteiger partial charge is 0.493 e. The number of benzene rings is 1. The minimum atomic E-state index is -0.517. The molecule has 0 spiro atoms. The summed E-state index contributed by atoms with van der Waals surface area (Å²) in [5.74, 6) is 1.51. The van der Waals surface area contributed by atoms with E-state index in [9.17, 15) is 9.59 Å². The number of rotatable bonds is 5. The standard InChI is InChI=1S/C15H18N2O5/c1-8-10(14(18)17-15(19)16-8)5-9-6-11(20-2)13(22-4)12(7-9)21-3/h6-7H,5H2,1-4H3,(H2,16,17,18,19). The first-order chi connectivity index (χ1) is 10.5. The van der Waals surface area contributed by atoms with Crippen molar-refractivity contribution in [1.29, 1.82) is 0 Å². The third-order valence-electron chi connectivity index (χ3n) is 3.36. The summed E-state index contributed by atoms with van der Waals surface area (Å²) in [5.41, 5.74) is 0.887. The molecule has 2 rings (SSSR count). The second-order valence-corrected chi connectivity index (χ2v) is 4.72. The monoisotopic (exact) mass is 306 g/mol. The topological polar surface area (TPSA) is 93.4 Å². The van der Waals surface area contributed by atoms with E-state index in [1.54, 1.807) is 19.1 Å². The van der Waals surface area contributed by atoms with E-state index in [4.69, 9.17) is 14.2 Å². The second-order valence-electron chi connectivity index (χ2n) is 4.72. The second kappa shape index (κ2) is 6.38. The summed E-state index contributed by atoms with van der Waals surface area (Å²) < 4.78 is 15.8. The fraction of sp³-hybridized carbons (Fsp3) is 0.333. The summed E-state index contributed by atoms with van der Waals surface area (Å²) in [6.07, 6.45) is 0.328. The number of hydrogen-bond acceptors (Lipinski definition) is 5. The predicted molar refractivity (Wildman–Crippen MR) is 81.3 cm³/mol. The quantitative estimate of drug-likeness (QED) is 0.859. The highest BCUT2D eigenvalue weighted by molar-refractivity contribution is 5.54. The Hall–Kier alpha value is -2.70. The molecule has 0 aliphatic rings. The van der Waals surface area contributed by atoms with Gasteiger partial charge in [0.15, 0.2) is 11.5 Å². The van der Waals surface area contributed by atoms with E-state index in [0.29, 0.717) is 34.9 Å². The van der Waals surface area contributed by atoms with Crippen LogP contribution in [0.15, 0.2) is 21.7 Å². The van der Waals surface area contributed by atoms with Crippen LogP contribution in [0.4, 0.5) is 0 Å². The highest BCUT2D eigenvalue weighted by Crippen LogP contribution is 2.38. The minimum Gasteiger partial charge on any atom is -0.493 e. The molecule has 0 amide bonds. The molecule has 0 saturated heterocycles. The fourth-order valence-corrected chi connectivity index (χ4v) is 2.28. The maximum Gasteiger partial charge on any atom is 0.325 e. The predicted octanol–water partition coefficient (Wildman–Crippen LogP) is 0.988. The number of H-pyrrole nitrogens is 2. The van der Waals surface area contributed by atoms with Crippen LogP contribution < -0.4 is 25.5 Å². The Labute approximate surface area is 126 Å². The average molecular weight is 306 g/mol. The van der Waals surface area contributed by atoms with E-state index < -0.39 is 11.2 Å². The van der Waals surface area contributed by atoms with Crippen LogP contribution in [-0.4, -0.2) is 31.3 Å². The van der Waals surface area contributed by atoms with Gasteiger partial charge in [-0.25, -0.2) is 4.79 Å². The number of hydrogen-bond donors (Lipinski definition) is 2. The van der Waals surface area contributed by atoms with Crippen LogP contribution in [0.3, 0.4) is 0 Å². The van der Waals surface area contributed by atoms with Crippen molar-refractivity contribution in [3.8, 4) is 17.2 Å². The number of aromatic nitrogens is 2. The lowest BCUT2D eigenvalue weighted by molar-refractivity contribution is 0.324. The molecule has 1 aromatic heterocycles. The van der Waals surface area contributed by atoms with Crippen LogP contribution in [0.1, 0.15) is 16.8 Å². The van der Waals surface area contributed by atoms with Crippen molar-refractivity contribution in [3.05, 3.63) is 49.8 Å². The molecule has 0 atom stereocenters. The lowest BCUT2D eigenvalue weighted by atomic mass is 10.0. The van der Waals surface area contributed by atoms with Crippen molar-refractivity contribution in [2.24, 2.45) is 0 Å². The minimum absolute atomic E-state index is 0.328. The molecular formula is C15H18N2O5. The van der Waals surface area contributed by atoms with Crippen molar-refractivity contribution in [2.45, 2.75) is 13.3 Å². The van der Waals surface area contributed by atoms with Gasteiger partial charge in [0.2, 0.25) is 5.75 Å². The van der Waals surface area contributed by atoms with Gasteiger partial charge in [-0.15, -0.1) is 0 Å². The molecule has 0 unspecified atom stereocenters. The number of nitrogens with one attached hydrogen (secondary N) is 2. The molecule has 7 heteroatoms. The average Bonchev–Trinajstić information content (AvgIpc) is 2.49. The van der Waals surface area contributed by atoms with Crippen molar-refractivity contribution >= 4 is 0 Å². The molecular weight excluding hydrogens is 288 g/mol. The van der Waals surface area contributed by atoms with Crippen LogP contribution in [0.25, 0.3) is 0 Å². The van der Waals surface area contributed by atoms with Gasteiger partial charge in [0.1, 0.15) is 0 Å². The van der Waals surface area contributed by atoms with Gasteiger partial charge in [0, 0.05) is 17.7 Å². The molecule has 22 heavy (non-hydrogen) atoms. The summed E-state index contributed by atoms with van der Waals surface area (Å²) in [5, 5.41) is 0. The first-order valence-corrected chi connectivity index (χ1v) is 6.61. The normalized spacial score (nSPS) is 10.4. The van der Waals surface area contributed by atoms with Crippen LogP contribution in [0.2, 0.25) is 0 Å². The molecule has 1 aromatic carbocycles. The first kappa shape index (κ1) is 15.7. The van der Waals surface area contributed by atoms with E-state index in [0.717, 1.165) is 5.56 Å². The molecule has 7 nitrogen and oxygen atoms in total. The van der Waals surface area contributed by atoms with E-state index in [1.807, 2.05) is 0 Å². The van der Waals surface area contributed by atoms with Gasteiger partial charge in [-0.05, 0) is 24.6 Å². The Kier molecular flexibility index (Phi) is 4.55. The van der Waals surface area contributed by atoms with Gasteiger partial charge in [-0.1, -0.05) is 0 Å². The molecule has 0 bridgehead atoms. The molecule has 118 valence electrons. The fourth-order valence-electron chi connectivity index (χ4n) is 2.28. The van der Waals surface area contributed by atoms with Gasteiger partial charge in [0.25, 0.3) is 5.56 Å². The number of methoxy groups -OCH3 is 3. The number of ether oxygens (including phenoxy) is 3. The van der Waals surface area contributed by atoms with E-state index in [-0.39, 0.29) is 0 Å². The molecule has 0 aliphatic heterocycles. The van der Waals surface area contributed by atoms with E-state index >= 15 is 0 Å². The van der Waals surface area contributed by atoms with Crippen LogP contribution >= 0.6 is 0 Å². The van der Waals surface area contributed by atoms with Gasteiger partial charge >= 0.3 is 5.69 Å². The smallest absolute Gasteiger partial charge is 0.325 e. The maximum atomic E-state index is 11.9. The first-order valence-electron chi connectivity index (χ1n) is 6.61. The highest BCUT2D eigenvalue weighted by atomic mass is 16.5. The number of aryl methyl sites for hydroxylation is 1. The third kappa shape index (κ3) is 2.98. The Balaban J connectivity index is 2.51. The van der Waals surface area contributed by atoms with Crippen LogP contribution in [0.5, 0.6) is 17.2 Å². The van der Waals surface area contributed by atoms with Crippen molar-refractivity contribution < 1.29 is 14.2 Å². The Morgan fingerprint density at radius 2 is 1.55 bits per heavy atom. The summed E-state index contributed by atoms with van der Waals surface area (Å²) in [4.78, 5) is 28.0. The molecule has 2 N–H and O–H groups in total. The SMILES string of the molecule is COc1cc(Cc2c(C)[nH]c(=O)[nH]c2=O)cc(OC)c1OC. The molecule has 1 heterocycles. The zero-order valence-corrected chi connectivity index (χ0v) is 12.9. The molecule has 0 radical (unpaired) electrons. The zero-order chi connectivity index (χ0) is 16.3. The van der Waals surface area contributed by atoms with E-state index in [1.165, 1.54) is 21.3 Å². The van der Waals surface area contributed by atoms with Gasteiger partial charge in [-0.2, -0.15) is 0 Å². The Morgan fingerprint density at radius 1 is 0.955 bits per heavy atom. The van der Waals surface area contributed by atoms with Crippen molar-refractivity contribution in [1.82, 2.24) is 9.97 Å². The van der Waals surface area contributed by atoms with Crippen LogP contribution in [0, 0.1) is 6.92 Å². The summed E-state index contributed by atoms with van der Waals surface area (Å²) in [6.45, 7) is 1.68. The Bertz CT molecular complexity index is 766. The van der Waals surface area contributed by atoms with Gasteiger partial charge < -0.3 is 19.2 Å². The zero-order valence-electron chi connectivity index (χ0n) is 12.9. The summed E-state index contributed by atoms with van der Waals surface area (Å²) in [6, 6.07) is 3.54. The Morgan fingerprint density at radius 3 is 2.00 bits per heavy atom. The third-order valence-corrected chi connectivity index (χ3v) is 3.36. The maximum absolute atomic E-state index is 11.9. The molecule has 2 aromatic rings. The summed E-state index contributed by atoms with van der Waals surface area (Å²) >= 11 is 0. The molecule has 0 aliphatic carbocycles. The lowest BCUT2D eigenvalue weighted by Crippen LogP contribution is -2.27. The van der Waals surface area contributed by atoms with Gasteiger partial charge in [-0.3, -0.25) is 9.78 Å². The summed E-state index contributed by atoms with van der Waals surface area (Å²) in [7, 11) is 4.58. The van der Waals surface area contributed by atoms with Crippen molar-refractivity contribution in [3.63, 3.8) is 0 Å². The van der Waals surface area contributed by atoms with Gasteiger partial charge in [0.05, 0.1) is 21.3 Å². The lowest BCUT2D eigenvalue weighted by Gasteiger charge is -2.14. The van der Waals surface area contributed by atoms with Crippen molar-refractivity contribution in [2.75, 3.05) is 21.3 Å². The molecule has 0 saturated carbocycles. The van der Waals surface area contributed by atoms with E-state index in [2.05, 4.69) is 9.97 Å². The van der Waals surface area contributed by atoms with Crippen LogP contribution in [-0.2, 0) is 6.42 Å². The molecule has 0 fully saturated rings. The highest BCUT2D eigenvalue weighted by Gasteiger charge is 2.15.